The van der Waals surface area contributed by atoms with Gasteiger partial charge in [-0.3, -0.25) is 0 Å². The molecule has 1 aliphatic carbocycles. The SMILES string of the molecule is C=CCCCOc1ccc(C2CCC(c3ccc(C(O)CCC)c(F)c3)CC2)c(F)c1F. The van der Waals surface area contributed by atoms with Crippen LogP contribution in [0.25, 0.3) is 0 Å². The second kappa shape index (κ2) is 11.6. The lowest BCUT2D eigenvalue weighted by atomic mass is 9.76. The van der Waals surface area contributed by atoms with E-state index in [-0.39, 0.29) is 23.4 Å². The first-order chi connectivity index (χ1) is 15.5. The van der Waals surface area contributed by atoms with E-state index in [0.29, 0.717) is 43.4 Å². The molecule has 5 heteroatoms. The molecule has 174 valence electrons. The van der Waals surface area contributed by atoms with Crippen LogP contribution in [0, 0.1) is 17.5 Å². The second-order valence-corrected chi connectivity index (χ2v) is 8.69. The number of unbranched alkanes of at least 4 members (excludes halogenated alkanes) is 1. The number of halogens is 3. The standard InChI is InChI=1S/C27H33F3O2/c1-3-5-6-16-32-25-15-14-21(26(29)27(25)30)19-10-8-18(9-11-19)20-12-13-22(23(28)17-20)24(31)7-4-2/h3,12-15,17-19,24,31H,1,4-11,16H2,2H3. The molecular formula is C27H33F3O2. The molecule has 1 unspecified atom stereocenters. The average molecular weight is 447 g/mol. The summed E-state index contributed by atoms with van der Waals surface area (Å²) in [6.45, 7) is 5.90. The fourth-order valence-electron chi connectivity index (χ4n) is 4.62. The zero-order chi connectivity index (χ0) is 23.1. The van der Waals surface area contributed by atoms with Gasteiger partial charge in [-0.2, -0.15) is 4.39 Å². The van der Waals surface area contributed by atoms with Crippen molar-refractivity contribution in [2.45, 2.75) is 76.2 Å². The first kappa shape index (κ1) is 24.4. The Bertz CT molecular complexity index is 904. The van der Waals surface area contributed by atoms with Gasteiger partial charge in [-0.15, -0.1) is 6.58 Å². The lowest BCUT2D eigenvalue weighted by Crippen LogP contribution is -2.14. The van der Waals surface area contributed by atoms with Crippen LogP contribution in [-0.2, 0) is 0 Å². The fourth-order valence-corrected chi connectivity index (χ4v) is 4.62. The van der Waals surface area contributed by atoms with Crippen molar-refractivity contribution in [3.8, 4) is 5.75 Å². The summed E-state index contributed by atoms with van der Waals surface area (Å²) in [4.78, 5) is 0. The smallest absolute Gasteiger partial charge is 0.200 e. The van der Waals surface area contributed by atoms with Crippen molar-refractivity contribution in [3.05, 3.63) is 77.1 Å². The normalized spacial score (nSPS) is 19.5. The maximum atomic E-state index is 14.7. The molecule has 2 aromatic carbocycles. The van der Waals surface area contributed by atoms with E-state index < -0.39 is 17.7 Å². The van der Waals surface area contributed by atoms with E-state index in [1.54, 1.807) is 18.2 Å². The monoisotopic (exact) mass is 446 g/mol. The van der Waals surface area contributed by atoms with Gasteiger partial charge in [0.2, 0.25) is 5.82 Å². The van der Waals surface area contributed by atoms with E-state index in [2.05, 4.69) is 6.58 Å². The minimum atomic E-state index is -0.925. The Labute approximate surface area is 189 Å². The summed E-state index contributed by atoms with van der Waals surface area (Å²) in [5.41, 5.74) is 1.64. The Morgan fingerprint density at radius 2 is 1.78 bits per heavy atom. The molecule has 0 saturated heterocycles. The van der Waals surface area contributed by atoms with Crippen LogP contribution < -0.4 is 4.74 Å². The van der Waals surface area contributed by atoms with E-state index >= 15 is 0 Å². The highest BCUT2D eigenvalue weighted by atomic mass is 19.2. The van der Waals surface area contributed by atoms with Crippen LogP contribution in [0.2, 0.25) is 0 Å². The molecule has 1 fully saturated rings. The topological polar surface area (TPSA) is 29.5 Å². The van der Waals surface area contributed by atoms with E-state index in [0.717, 1.165) is 31.2 Å². The first-order valence-electron chi connectivity index (χ1n) is 11.6. The molecule has 1 aliphatic rings. The van der Waals surface area contributed by atoms with E-state index in [4.69, 9.17) is 4.74 Å². The predicted molar refractivity (Wildman–Crippen MR) is 122 cm³/mol. The number of ether oxygens (including phenoxy) is 1. The molecule has 2 aromatic rings. The Morgan fingerprint density at radius 3 is 2.44 bits per heavy atom. The maximum Gasteiger partial charge on any atom is 0.200 e. The first-order valence-corrected chi connectivity index (χ1v) is 11.6. The number of benzene rings is 2. The molecule has 32 heavy (non-hydrogen) atoms. The molecule has 0 bridgehead atoms. The van der Waals surface area contributed by atoms with Gasteiger partial charge >= 0.3 is 0 Å². The van der Waals surface area contributed by atoms with Crippen molar-refractivity contribution in [3.63, 3.8) is 0 Å². The average Bonchev–Trinajstić information content (AvgIpc) is 2.79. The predicted octanol–water partition coefficient (Wildman–Crippen LogP) is 7.72. The largest absolute Gasteiger partial charge is 0.490 e. The van der Waals surface area contributed by atoms with Gasteiger partial charge in [0, 0.05) is 5.56 Å². The maximum absolute atomic E-state index is 14.7. The Morgan fingerprint density at radius 1 is 1.06 bits per heavy atom. The molecule has 3 rings (SSSR count). The van der Waals surface area contributed by atoms with Gasteiger partial charge in [0.1, 0.15) is 5.82 Å². The van der Waals surface area contributed by atoms with Gasteiger partial charge in [0.05, 0.1) is 12.7 Å². The van der Waals surface area contributed by atoms with Crippen molar-refractivity contribution in [2.75, 3.05) is 6.61 Å². The molecule has 0 spiro atoms. The molecule has 0 aliphatic heterocycles. The van der Waals surface area contributed by atoms with Crippen LogP contribution in [0.5, 0.6) is 5.75 Å². The molecule has 1 atom stereocenters. The highest BCUT2D eigenvalue weighted by Gasteiger charge is 2.28. The number of hydrogen-bond donors (Lipinski definition) is 1. The number of aliphatic hydroxyl groups excluding tert-OH is 1. The van der Waals surface area contributed by atoms with Crippen LogP contribution in [0.15, 0.2) is 43.0 Å². The molecule has 0 heterocycles. The summed E-state index contributed by atoms with van der Waals surface area (Å²) in [5.74, 6) is -2.06. The van der Waals surface area contributed by atoms with Crippen LogP contribution in [0.1, 0.15) is 92.9 Å². The number of hydrogen-bond acceptors (Lipinski definition) is 2. The van der Waals surface area contributed by atoms with Gasteiger partial charge in [-0.05, 0) is 80.0 Å². The molecule has 1 N–H and O–H groups in total. The fraction of sp³-hybridized carbons (Fsp3) is 0.481. The second-order valence-electron chi connectivity index (χ2n) is 8.69. The van der Waals surface area contributed by atoms with Gasteiger partial charge in [-0.25, -0.2) is 8.78 Å². The summed E-state index contributed by atoms with van der Waals surface area (Å²) in [5, 5.41) is 10.1. The van der Waals surface area contributed by atoms with Gasteiger partial charge in [0.15, 0.2) is 11.6 Å². The van der Waals surface area contributed by atoms with E-state index in [1.165, 1.54) is 12.1 Å². The molecule has 0 aromatic heterocycles. The van der Waals surface area contributed by atoms with Crippen LogP contribution in [-0.4, -0.2) is 11.7 Å². The van der Waals surface area contributed by atoms with Crippen LogP contribution >= 0.6 is 0 Å². The summed E-state index contributed by atoms with van der Waals surface area (Å²) in [6.07, 6.45) is 6.74. The summed E-state index contributed by atoms with van der Waals surface area (Å²) in [6, 6.07) is 8.25. The summed E-state index contributed by atoms with van der Waals surface area (Å²) < 4.78 is 49.1. The third-order valence-corrected chi connectivity index (χ3v) is 6.47. The van der Waals surface area contributed by atoms with E-state index in [1.807, 2.05) is 13.0 Å². The van der Waals surface area contributed by atoms with Crippen molar-refractivity contribution in [2.24, 2.45) is 0 Å². The molecule has 0 radical (unpaired) electrons. The molecule has 2 nitrogen and oxygen atoms in total. The third kappa shape index (κ3) is 5.74. The van der Waals surface area contributed by atoms with Gasteiger partial charge in [0.25, 0.3) is 0 Å². The van der Waals surface area contributed by atoms with E-state index in [9.17, 15) is 18.3 Å². The highest BCUT2D eigenvalue weighted by molar-refractivity contribution is 5.34. The van der Waals surface area contributed by atoms with Crippen LogP contribution in [0.4, 0.5) is 13.2 Å². The Hall–Kier alpha value is -2.27. The minimum absolute atomic E-state index is 0.0511. The molecular weight excluding hydrogens is 413 g/mol. The number of allylic oxidation sites excluding steroid dienone is 1. The lowest BCUT2D eigenvalue weighted by molar-refractivity contribution is 0.162. The van der Waals surface area contributed by atoms with Crippen LogP contribution in [0.3, 0.4) is 0 Å². The zero-order valence-corrected chi connectivity index (χ0v) is 18.8. The minimum Gasteiger partial charge on any atom is -0.490 e. The zero-order valence-electron chi connectivity index (χ0n) is 18.8. The molecule has 0 amide bonds. The summed E-state index contributed by atoms with van der Waals surface area (Å²) >= 11 is 0. The Balaban J connectivity index is 1.62. The quantitative estimate of drug-likeness (QED) is 0.299. The third-order valence-electron chi connectivity index (χ3n) is 6.47. The van der Waals surface area contributed by atoms with Crippen molar-refractivity contribution < 1.29 is 23.0 Å². The van der Waals surface area contributed by atoms with Crippen molar-refractivity contribution in [1.82, 2.24) is 0 Å². The highest BCUT2D eigenvalue weighted by Crippen LogP contribution is 2.42. The lowest BCUT2D eigenvalue weighted by Gasteiger charge is -2.29. The van der Waals surface area contributed by atoms with Gasteiger partial charge < -0.3 is 9.84 Å². The number of aliphatic hydroxyl groups is 1. The van der Waals surface area contributed by atoms with Crippen molar-refractivity contribution >= 4 is 0 Å². The number of rotatable bonds is 10. The summed E-state index contributed by atoms with van der Waals surface area (Å²) in [7, 11) is 0. The van der Waals surface area contributed by atoms with Crippen molar-refractivity contribution in [1.29, 1.82) is 0 Å². The molecule has 1 saturated carbocycles. The Kier molecular flexibility index (Phi) is 8.80. The van der Waals surface area contributed by atoms with Gasteiger partial charge in [-0.1, -0.05) is 37.6 Å².